The average Bonchev–Trinajstić information content (AvgIpc) is 2.37. The molecule has 0 atom stereocenters. The lowest BCUT2D eigenvalue weighted by atomic mass is 10.0. The van der Waals surface area contributed by atoms with Crippen molar-refractivity contribution in [3.8, 4) is 5.75 Å². The van der Waals surface area contributed by atoms with Crippen molar-refractivity contribution in [1.82, 2.24) is 0 Å². The molecule has 17 heavy (non-hydrogen) atoms. The van der Waals surface area contributed by atoms with E-state index in [2.05, 4.69) is 43.3 Å². The van der Waals surface area contributed by atoms with Crippen molar-refractivity contribution < 1.29 is 4.74 Å². The minimum atomic E-state index is 0.986. The number of ether oxygens (including phenoxy) is 1. The molecule has 2 rings (SSSR count). The van der Waals surface area contributed by atoms with Crippen molar-refractivity contribution >= 4 is 0 Å². The molecular weight excluding hydrogens is 208 g/mol. The first-order chi connectivity index (χ1) is 8.29. The van der Waals surface area contributed by atoms with E-state index in [0.717, 1.165) is 18.6 Å². The summed E-state index contributed by atoms with van der Waals surface area (Å²) in [5.74, 6) is 0.986. The molecule has 88 valence electrons. The SMILES string of the molecule is COc1ccccc1CCc1cccc(C)c1. The van der Waals surface area contributed by atoms with Crippen molar-refractivity contribution in [3.05, 3.63) is 65.2 Å². The fourth-order valence-electron chi connectivity index (χ4n) is 2.06. The predicted molar refractivity (Wildman–Crippen MR) is 71.6 cm³/mol. The fourth-order valence-corrected chi connectivity index (χ4v) is 2.06. The Kier molecular flexibility index (Phi) is 3.81. The molecule has 0 fully saturated rings. The van der Waals surface area contributed by atoms with Gasteiger partial charge in [-0.05, 0) is 37.0 Å². The highest BCUT2D eigenvalue weighted by atomic mass is 16.5. The summed E-state index contributed by atoms with van der Waals surface area (Å²) in [4.78, 5) is 0. The lowest BCUT2D eigenvalue weighted by Crippen LogP contribution is -1.95. The largest absolute Gasteiger partial charge is 0.496 e. The summed E-state index contributed by atoms with van der Waals surface area (Å²) >= 11 is 0. The highest BCUT2D eigenvalue weighted by Gasteiger charge is 2.02. The first kappa shape index (κ1) is 11.7. The van der Waals surface area contributed by atoms with E-state index in [1.54, 1.807) is 7.11 Å². The molecule has 0 N–H and O–H groups in total. The molecule has 0 heterocycles. The number of methoxy groups -OCH3 is 1. The summed E-state index contributed by atoms with van der Waals surface area (Å²) in [6.45, 7) is 2.13. The molecule has 2 aromatic rings. The van der Waals surface area contributed by atoms with Gasteiger partial charge in [0.1, 0.15) is 5.75 Å². The van der Waals surface area contributed by atoms with Crippen LogP contribution in [-0.4, -0.2) is 7.11 Å². The summed E-state index contributed by atoms with van der Waals surface area (Å²) in [6.07, 6.45) is 2.08. The van der Waals surface area contributed by atoms with Crippen LogP contribution in [0.15, 0.2) is 48.5 Å². The molecule has 0 unspecified atom stereocenters. The monoisotopic (exact) mass is 226 g/mol. The molecule has 1 nitrogen and oxygen atoms in total. The summed E-state index contributed by atoms with van der Waals surface area (Å²) in [6, 6.07) is 16.9. The van der Waals surface area contributed by atoms with Gasteiger partial charge in [-0.15, -0.1) is 0 Å². The van der Waals surface area contributed by atoms with Crippen LogP contribution in [-0.2, 0) is 12.8 Å². The highest BCUT2D eigenvalue weighted by Crippen LogP contribution is 2.19. The predicted octanol–water partition coefficient (Wildman–Crippen LogP) is 3.79. The molecule has 0 spiro atoms. The number of hydrogen-bond acceptors (Lipinski definition) is 1. The first-order valence-corrected chi connectivity index (χ1v) is 5.97. The Labute approximate surface area is 103 Å². The Morgan fingerprint density at radius 3 is 2.53 bits per heavy atom. The maximum atomic E-state index is 5.36. The Morgan fingerprint density at radius 2 is 1.76 bits per heavy atom. The number of aryl methyl sites for hydroxylation is 3. The Hall–Kier alpha value is -1.76. The fraction of sp³-hybridized carbons (Fsp3) is 0.250. The van der Waals surface area contributed by atoms with E-state index in [-0.39, 0.29) is 0 Å². The molecule has 0 aliphatic heterocycles. The van der Waals surface area contributed by atoms with Crippen LogP contribution < -0.4 is 4.74 Å². The van der Waals surface area contributed by atoms with Crippen LogP contribution in [0, 0.1) is 6.92 Å². The molecule has 0 saturated carbocycles. The quantitative estimate of drug-likeness (QED) is 0.770. The maximum absolute atomic E-state index is 5.36. The third-order valence-corrected chi connectivity index (χ3v) is 2.96. The van der Waals surface area contributed by atoms with E-state index in [1.807, 2.05) is 12.1 Å². The Morgan fingerprint density at radius 1 is 0.941 bits per heavy atom. The maximum Gasteiger partial charge on any atom is 0.122 e. The van der Waals surface area contributed by atoms with Gasteiger partial charge in [0.15, 0.2) is 0 Å². The summed E-state index contributed by atoms with van der Waals surface area (Å²) in [5, 5.41) is 0. The minimum absolute atomic E-state index is 0.986. The number of benzene rings is 2. The van der Waals surface area contributed by atoms with Gasteiger partial charge >= 0.3 is 0 Å². The Bertz CT molecular complexity index is 488. The highest BCUT2D eigenvalue weighted by molar-refractivity contribution is 5.34. The number of para-hydroxylation sites is 1. The molecule has 0 aliphatic rings. The molecule has 0 radical (unpaired) electrons. The number of hydrogen-bond donors (Lipinski definition) is 0. The van der Waals surface area contributed by atoms with Crippen LogP contribution in [0.5, 0.6) is 5.75 Å². The van der Waals surface area contributed by atoms with Crippen LogP contribution in [0.1, 0.15) is 16.7 Å². The molecule has 0 bridgehead atoms. The zero-order chi connectivity index (χ0) is 12.1. The zero-order valence-electron chi connectivity index (χ0n) is 10.4. The van der Waals surface area contributed by atoms with Gasteiger partial charge in [-0.2, -0.15) is 0 Å². The summed E-state index contributed by atoms with van der Waals surface area (Å²) in [5.41, 5.74) is 3.98. The molecule has 0 saturated heterocycles. The smallest absolute Gasteiger partial charge is 0.122 e. The molecule has 2 aromatic carbocycles. The van der Waals surface area contributed by atoms with Crippen LogP contribution in [0.3, 0.4) is 0 Å². The van der Waals surface area contributed by atoms with Gasteiger partial charge in [0.2, 0.25) is 0 Å². The first-order valence-electron chi connectivity index (χ1n) is 5.97. The molecule has 0 aliphatic carbocycles. The lowest BCUT2D eigenvalue weighted by Gasteiger charge is -2.08. The normalized spacial score (nSPS) is 10.2. The van der Waals surface area contributed by atoms with Crippen molar-refractivity contribution in [2.24, 2.45) is 0 Å². The second-order valence-corrected chi connectivity index (χ2v) is 4.30. The van der Waals surface area contributed by atoms with E-state index < -0.39 is 0 Å². The topological polar surface area (TPSA) is 9.23 Å². The van der Waals surface area contributed by atoms with Crippen LogP contribution in [0.4, 0.5) is 0 Å². The van der Waals surface area contributed by atoms with Crippen molar-refractivity contribution in [2.45, 2.75) is 19.8 Å². The van der Waals surface area contributed by atoms with Crippen molar-refractivity contribution in [1.29, 1.82) is 0 Å². The molecule has 0 amide bonds. The Balaban J connectivity index is 2.07. The third kappa shape index (κ3) is 3.10. The number of rotatable bonds is 4. The van der Waals surface area contributed by atoms with E-state index in [9.17, 15) is 0 Å². The second-order valence-electron chi connectivity index (χ2n) is 4.30. The summed E-state index contributed by atoms with van der Waals surface area (Å²) < 4.78 is 5.36. The van der Waals surface area contributed by atoms with Crippen LogP contribution >= 0.6 is 0 Å². The van der Waals surface area contributed by atoms with Crippen molar-refractivity contribution in [3.63, 3.8) is 0 Å². The van der Waals surface area contributed by atoms with E-state index in [1.165, 1.54) is 16.7 Å². The van der Waals surface area contributed by atoms with Gasteiger partial charge in [-0.3, -0.25) is 0 Å². The average molecular weight is 226 g/mol. The van der Waals surface area contributed by atoms with E-state index in [4.69, 9.17) is 4.74 Å². The van der Waals surface area contributed by atoms with Gasteiger partial charge in [0, 0.05) is 0 Å². The van der Waals surface area contributed by atoms with Gasteiger partial charge in [-0.1, -0.05) is 48.0 Å². The van der Waals surface area contributed by atoms with Gasteiger partial charge in [0.25, 0.3) is 0 Å². The molecule has 1 heteroatoms. The van der Waals surface area contributed by atoms with Crippen molar-refractivity contribution in [2.75, 3.05) is 7.11 Å². The zero-order valence-corrected chi connectivity index (χ0v) is 10.4. The van der Waals surface area contributed by atoms with Gasteiger partial charge in [-0.25, -0.2) is 0 Å². The van der Waals surface area contributed by atoms with Crippen LogP contribution in [0.2, 0.25) is 0 Å². The van der Waals surface area contributed by atoms with E-state index >= 15 is 0 Å². The summed E-state index contributed by atoms with van der Waals surface area (Å²) in [7, 11) is 1.73. The lowest BCUT2D eigenvalue weighted by molar-refractivity contribution is 0.409. The van der Waals surface area contributed by atoms with Crippen LogP contribution in [0.25, 0.3) is 0 Å². The second kappa shape index (κ2) is 5.53. The third-order valence-electron chi connectivity index (χ3n) is 2.96. The molecular formula is C16H18O. The van der Waals surface area contributed by atoms with Gasteiger partial charge in [0.05, 0.1) is 7.11 Å². The van der Waals surface area contributed by atoms with E-state index in [0.29, 0.717) is 0 Å². The van der Waals surface area contributed by atoms with Gasteiger partial charge < -0.3 is 4.74 Å². The minimum Gasteiger partial charge on any atom is -0.496 e. The standard InChI is InChI=1S/C16H18O/c1-13-6-5-7-14(12-13)10-11-15-8-3-4-9-16(15)17-2/h3-9,12H,10-11H2,1-2H3. The molecule has 0 aromatic heterocycles.